The summed E-state index contributed by atoms with van der Waals surface area (Å²) in [6.07, 6.45) is 2.04. The topological polar surface area (TPSA) is 53.5 Å². The smallest absolute Gasteiger partial charge is 0.159 e. The van der Waals surface area contributed by atoms with Crippen LogP contribution in [0.25, 0.3) is 11.2 Å². The summed E-state index contributed by atoms with van der Waals surface area (Å²) < 4.78 is 5.97. The van der Waals surface area contributed by atoms with E-state index in [0.29, 0.717) is 12.4 Å². The fourth-order valence-electron chi connectivity index (χ4n) is 2.73. The van der Waals surface area contributed by atoms with Crippen LogP contribution in [0.3, 0.4) is 0 Å². The molecule has 0 atom stereocenters. The number of aromatic nitrogens is 6. The number of imidazole rings is 1. The molecule has 3 heterocycles. The van der Waals surface area contributed by atoms with Gasteiger partial charge in [-0.1, -0.05) is 0 Å². The van der Waals surface area contributed by atoms with E-state index in [4.69, 9.17) is 11.6 Å². The summed E-state index contributed by atoms with van der Waals surface area (Å²) in [6, 6.07) is 0. The van der Waals surface area contributed by atoms with Gasteiger partial charge in [0.2, 0.25) is 0 Å². The molecule has 0 N–H and O–H groups in total. The summed E-state index contributed by atoms with van der Waals surface area (Å²) >= 11 is 6.09. The van der Waals surface area contributed by atoms with Gasteiger partial charge in [0.1, 0.15) is 11.3 Å². The van der Waals surface area contributed by atoms with Crippen molar-refractivity contribution in [2.45, 2.75) is 39.7 Å². The third-order valence-electron chi connectivity index (χ3n) is 3.74. The van der Waals surface area contributed by atoms with E-state index < -0.39 is 0 Å². The molecule has 21 heavy (non-hydrogen) atoms. The van der Waals surface area contributed by atoms with Crippen LogP contribution in [0.5, 0.6) is 0 Å². The van der Waals surface area contributed by atoms with Crippen LogP contribution in [0.15, 0.2) is 6.20 Å². The number of rotatable bonds is 4. The first-order valence-electron chi connectivity index (χ1n) is 7.02. The Morgan fingerprint density at radius 2 is 1.95 bits per heavy atom. The van der Waals surface area contributed by atoms with Gasteiger partial charge in [-0.25, -0.2) is 9.67 Å². The summed E-state index contributed by atoms with van der Waals surface area (Å²) in [4.78, 5) is 4.65. The predicted molar refractivity (Wildman–Crippen MR) is 82.5 cm³/mol. The molecule has 0 fully saturated rings. The molecule has 7 heteroatoms. The van der Waals surface area contributed by atoms with Crippen molar-refractivity contribution in [2.24, 2.45) is 7.05 Å². The zero-order valence-electron chi connectivity index (χ0n) is 12.8. The lowest BCUT2D eigenvalue weighted by atomic mass is 10.2. The normalized spacial score (nSPS) is 11.7. The summed E-state index contributed by atoms with van der Waals surface area (Å²) in [5.74, 6) is 1.26. The minimum atomic E-state index is 0.386. The van der Waals surface area contributed by atoms with Gasteiger partial charge in [-0.15, -0.1) is 11.6 Å². The molecule has 0 saturated carbocycles. The SMILES string of the molecule is CCn1nc(C)c2nc(CCl)n(Cc3cn(C)nc3C)c21. The van der Waals surface area contributed by atoms with Gasteiger partial charge in [-0.3, -0.25) is 4.68 Å². The van der Waals surface area contributed by atoms with Crippen LogP contribution >= 0.6 is 11.6 Å². The number of aryl methyl sites for hydroxylation is 4. The first-order chi connectivity index (χ1) is 10.0. The molecule has 0 amide bonds. The van der Waals surface area contributed by atoms with Gasteiger partial charge in [-0.2, -0.15) is 10.2 Å². The standard InChI is InChI=1S/C14H19ClN6/c1-5-21-14-13(10(3)18-21)16-12(6-15)20(14)8-11-7-19(4)17-9(11)2/h7H,5-6,8H2,1-4H3. The Morgan fingerprint density at radius 3 is 2.52 bits per heavy atom. The zero-order chi connectivity index (χ0) is 15.1. The van der Waals surface area contributed by atoms with Crippen LogP contribution in [0, 0.1) is 13.8 Å². The minimum absolute atomic E-state index is 0.386. The maximum atomic E-state index is 6.09. The molecule has 3 aromatic heterocycles. The minimum Gasteiger partial charge on any atom is -0.307 e. The molecule has 0 aliphatic heterocycles. The highest BCUT2D eigenvalue weighted by atomic mass is 35.5. The van der Waals surface area contributed by atoms with Crippen molar-refractivity contribution in [3.8, 4) is 0 Å². The first kappa shape index (κ1) is 14.1. The fourth-order valence-corrected chi connectivity index (χ4v) is 2.94. The zero-order valence-corrected chi connectivity index (χ0v) is 13.5. The number of fused-ring (bicyclic) bond motifs is 1. The molecule has 0 aliphatic carbocycles. The molecule has 0 radical (unpaired) electrons. The average Bonchev–Trinajstić information content (AvgIpc) is 3.06. The third-order valence-corrected chi connectivity index (χ3v) is 3.98. The molecular weight excluding hydrogens is 288 g/mol. The third kappa shape index (κ3) is 2.23. The molecule has 0 aromatic carbocycles. The summed E-state index contributed by atoms with van der Waals surface area (Å²) in [7, 11) is 1.93. The average molecular weight is 307 g/mol. The number of hydrogen-bond acceptors (Lipinski definition) is 3. The molecular formula is C14H19ClN6. The maximum absolute atomic E-state index is 6.09. The number of nitrogens with zero attached hydrogens (tertiary/aromatic N) is 6. The van der Waals surface area contributed by atoms with Gasteiger partial charge >= 0.3 is 0 Å². The van der Waals surface area contributed by atoms with E-state index in [0.717, 1.165) is 34.9 Å². The van der Waals surface area contributed by atoms with Gasteiger partial charge in [0.15, 0.2) is 5.65 Å². The Balaban J connectivity index is 2.17. The monoisotopic (exact) mass is 306 g/mol. The Bertz CT molecular complexity index is 794. The fraction of sp³-hybridized carbons (Fsp3) is 0.500. The van der Waals surface area contributed by atoms with Crippen LogP contribution in [0.4, 0.5) is 0 Å². The first-order valence-corrected chi connectivity index (χ1v) is 7.56. The lowest BCUT2D eigenvalue weighted by Gasteiger charge is -2.08. The largest absolute Gasteiger partial charge is 0.307 e. The van der Waals surface area contributed by atoms with Crippen molar-refractivity contribution in [3.05, 3.63) is 29.0 Å². The second-order valence-electron chi connectivity index (χ2n) is 5.23. The molecule has 0 saturated heterocycles. The Morgan fingerprint density at radius 1 is 1.19 bits per heavy atom. The molecule has 6 nitrogen and oxygen atoms in total. The van der Waals surface area contributed by atoms with E-state index in [2.05, 4.69) is 26.7 Å². The van der Waals surface area contributed by atoms with E-state index in [1.54, 1.807) is 0 Å². The van der Waals surface area contributed by atoms with E-state index >= 15 is 0 Å². The number of halogens is 1. The second-order valence-corrected chi connectivity index (χ2v) is 5.50. The van der Waals surface area contributed by atoms with Crippen LogP contribution in [-0.4, -0.2) is 29.1 Å². The van der Waals surface area contributed by atoms with Gasteiger partial charge in [-0.05, 0) is 20.8 Å². The van der Waals surface area contributed by atoms with E-state index in [1.807, 2.05) is 36.5 Å². The Kier molecular flexibility index (Phi) is 3.49. The highest BCUT2D eigenvalue weighted by molar-refractivity contribution is 6.16. The maximum Gasteiger partial charge on any atom is 0.159 e. The lowest BCUT2D eigenvalue weighted by molar-refractivity contribution is 0.638. The van der Waals surface area contributed by atoms with Crippen LogP contribution in [0.1, 0.15) is 29.7 Å². The molecule has 0 aliphatic rings. The van der Waals surface area contributed by atoms with Crippen LogP contribution in [-0.2, 0) is 26.0 Å². The van der Waals surface area contributed by atoms with Gasteiger partial charge < -0.3 is 4.57 Å². The van der Waals surface area contributed by atoms with Crippen molar-refractivity contribution in [2.75, 3.05) is 0 Å². The van der Waals surface area contributed by atoms with Crippen molar-refractivity contribution in [1.29, 1.82) is 0 Å². The number of alkyl halides is 1. The van der Waals surface area contributed by atoms with Crippen molar-refractivity contribution in [1.82, 2.24) is 29.1 Å². The predicted octanol–water partition coefficient (Wildman–Crippen LogP) is 2.39. The molecule has 112 valence electrons. The summed E-state index contributed by atoms with van der Waals surface area (Å²) in [5.41, 5.74) is 5.12. The van der Waals surface area contributed by atoms with E-state index in [-0.39, 0.29) is 0 Å². The van der Waals surface area contributed by atoms with Crippen molar-refractivity contribution in [3.63, 3.8) is 0 Å². The van der Waals surface area contributed by atoms with Crippen LogP contribution < -0.4 is 0 Å². The number of hydrogen-bond donors (Lipinski definition) is 0. The highest BCUT2D eigenvalue weighted by Gasteiger charge is 2.18. The molecule has 3 aromatic rings. The lowest BCUT2D eigenvalue weighted by Crippen LogP contribution is -2.09. The van der Waals surface area contributed by atoms with Gasteiger partial charge in [0.05, 0.1) is 23.8 Å². The van der Waals surface area contributed by atoms with Crippen molar-refractivity contribution >= 4 is 22.8 Å². The molecule has 0 spiro atoms. The van der Waals surface area contributed by atoms with Gasteiger partial charge in [0, 0.05) is 25.4 Å². The Hall–Kier alpha value is -1.82. The second kappa shape index (κ2) is 5.18. The quantitative estimate of drug-likeness (QED) is 0.695. The molecule has 0 unspecified atom stereocenters. The van der Waals surface area contributed by atoms with Crippen LogP contribution in [0.2, 0.25) is 0 Å². The molecule has 0 bridgehead atoms. The summed E-state index contributed by atoms with van der Waals surface area (Å²) in [5, 5.41) is 8.95. The Labute approximate surface area is 128 Å². The summed E-state index contributed by atoms with van der Waals surface area (Å²) in [6.45, 7) is 7.61. The molecule has 3 rings (SSSR count). The van der Waals surface area contributed by atoms with E-state index in [9.17, 15) is 0 Å². The van der Waals surface area contributed by atoms with Crippen molar-refractivity contribution < 1.29 is 0 Å². The highest BCUT2D eigenvalue weighted by Crippen LogP contribution is 2.22. The van der Waals surface area contributed by atoms with E-state index in [1.165, 1.54) is 5.56 Å². The van der Waals surface area contributed by atoms with Gasteiger partial charge in [0.25, 0.3) is 0 Å².